The summed E-state index contributed by atoms with van der Waals surface area (Å²) in [5.74, 6) is 0.707. The van der Waals surface area contributed by atoms with Crippen LogP contribution in [0.15, 0.2) is 48.5 Å². The van der Waals surface area contributed by atoms with Gasteiger partial charge in [0.25, 0.3) is 0 Å². The lowest BCUT2D eigenvalue weighted by atomic mass is 10.1. The summed E-state index contributed by atoms with van der Waals surface area (Å²) >= 11 is 5.90. The highest BCUT2D eigenvalue weighted by atomic mass is 35.5. The van der Waals surface area contributed by atoms with Gasteiger partial charge in [-0.25, -0.2) is 0 Å². The zero-order valence-corrected chi connectivity index (χ0v) is 18.0. The largest absolute Gasteiger partial charge is 0.491 e. The Bertz CT molecular complexity index is 731. The van der Waals surface area contributed by atoms with E-state index in [1.54, 1.807) is 12.1 Å². The third-order valence-electron chi connectivity index (χ3n) is 5.07. The van der Waals surface area contributed by atoms with Crippen molar-refractivity contribution in [3.05, 3.63) is 59.1 Å². The first-order chi connectivity index (χ1) is 14.0. The fourth-order valence-corrected chi connectivity index (χ4v) is 3.64. The molecule has 2 aromatic rings. The van der Waals surface area contributed by atoms with Gasteiger partial charge in [0, 0.05) is 51.0 Å². The second kappa shape index (κ2) is 10.8. The van der Waals surface area contributed by atoms with Crippen LogP contribution in [0.25, 0.3) is 0 Å². The van der Waals surface area contributed by atoms with E-state index in [9.17, 15) is 5.11 Å². The molecule has 0 radical (unpaired) electrons. The smallest absolute Gasteiger partial charge is 0.119 e. The number of nitrogens with zero attached hydrogens (tertiary/aromatic N) is 2. The van der Waals surface area contributed by atoms with E-state index in [1.807, 2.05) is 26.2 Å². The highest BCUT2D eigenvalue weighted by molar-refractivity contribution is 6.30. The summed E-state index contributed by atoms with van der Waals surface area (Å²) in [5, 5.41) is 11.2. The molecule has 1 saturated heterocycles. The van der Waals surface area contributed by atoms with Gasteiger partial charge in [-0.1, -0.05) is 23.7 Å². The maximum absolute atomic E-state index is 10.6. The molecule has 1 N–H and O–H groups in total. The fraction of sp³-hybridized carbons (Fsp3) is 0.478. The molecule has 2 aromatic carbocycles. The van der Waals surface area contributed by atoms with Crippen LogP contribution < -0.4 is 9.64 Å². The average molecular weight is 419 g/mol. The first kappa shape index (κ1) is 21.9. The molecule has 0 amide bonds. The lowest BCUT2D eigenvalue weighted by Crippen LogP contribution is -2.39. The summed E-state index contributed by atoms with van der Waals surface area (Å²) in [6.45, 7) is 3.18. The topological polar surface area (TPSA) is 45.2 Å². The van der Waals surface area contributed by atoms with Gasteiger partial charge in [0.15, 0.2) is 0 Å². The Kier molecular flexibility index (Phi) is 8.19. The molecule has 0 bridgehead atoms. The first-order valence-electron chi connectivity index (χ1n) is 10.2. The monoisotopic (exact) mass is 418 g/mol. The molecule has 0 spiro atoms. The van der Waals surface area contributed by atoms with Crippen molar-refractivity contribution in [2.45, 2.75) is 31.6 Å². The van der Waals surface area contributed by atoms with Crippen molar-refractivity contribution < 1.29 is 14.6 Å². The molecular weight excluding hydrogens is 388 g/mol. The van der Waals surface area contributed by atoms with Crippen LogP contribution in [-0.2, 0) is 11.3 Å². The predicted octanol–water partition coefficient (Wildman–Crippen LogP) is 3.83. The van der Waals surface area contributed by atoms with Crippen molar-refractivity contribution in [2.24, 2.45) is 0 Å². The zero-order chi connectivity index (χ0) is 20.6. The van der Waals surface area contributed by atoms with E-state index in [1.165, 1.54) is 11.3 Å². The summed E-state index contributed by atoms with van der Waals surface area (Å²) in [7, 11) is 4.07. The number of benzene rings is 2. The molecule has 3 rings (SSSR count). The van der Waals surface area contributed by atoms with Crippen LogP contribution in [0.1, 0.15) is 18.4 Å². The van der Waals surface area contributed by atoms with Gasteiger partial charge in [-0.05, 0) is 54.8 Å². The third kappa shape index (κ3) is 7.19. The SMILES string of the molecule is CN(C)c1ccc(CN(CC(O)COc2ccc(Cl)cc2)CC2CCCO2)cc1. The molecule has 1 heterocycles. The van der Waals surface area contributed by atoms with E-state index >= 15 is 0 Å². The Labute approximate surface area is 178 Å². The van der Waals surface area contributed by atoms with Gasteiger partial charge in [0.05, 0.1) is 6.10 Å². The number of hydrogen-bond donors (Lipinski definition) is 1. The number of halogens is 1. The summed E-state index contributed by atoms with van der Waals surface area (Å²) in [4.78, 5) is 4.35. The lowest BCUT2D eigenvalue weighted by Gasteiger charge is -2.27. The molecule has 158 valence electrons. The minimum atomic E-state index is -0.590. The van der Waals surface area contributed by atoms with E-state index in [4.69, 9.17) is 21.1 Å². The summed E-state index contributed by atoms with van der Waals surface area (Å²) in [6, 6.07) is 15.7. The van der Waals surface area contributed by atoms with Crippen LogP contribution in [-0.4, -0.2) is 62.6 Å². The molecule has 1 fully saturated rings. The summed E-state index contributed by atoms with van der Waals surface area (Å²) < 4.78 is 11.5. The van der Waals surface area contributed by atoms with E-state index in [0.717, 1.165) is 32.5 Å². The van der Waals surface area contributed by atoms with Crippen LogP contribution in [0.3, 0.4) is 0 Å². The van der Waals surface area contributed by atoms with Gasteiger partial charge in [-0.2, -0.15) is 0 Å². The van der Waals surface area contributed by atoms with Crippen LogP contribution in [0.4, 0.5) is 5.69 Å². The second-order valence-electron chi connectivity index (χ2n) is 7.81. The molecule has 1 aliphatic rings. The highest BCUT2D eigenvalue weighted by Crippen LogP contribution is 2.19. The standard InChI is InChI=1S/C23H31ClN2O3/c1-25(2)20-9-5-18(6-10-20)14-26(16-23-4-3-13-28-23)15-21(27)17-29-22-11-7-19(24)8-12-22/h5-12,21,23,27H,3-4,13-17H2,1-2H3. The third-order valence-corrected chi connectivity index (χ3v) is 5.32. The fourth-order valence-electron chi connectivity index (χ4n) is 3.51. The number of aliphatic hydroxyl groups is 1. The molecule has 5 nitrogen and oxygen atoms in total. The zero-order valence-electron chi connectivity index (χ0n) is 17.3. The molecule has 0 aliphatic carbocycles. The summed E-state index contributed by atoms with van der Waals surface area (Å²) in [6.07, 6.45) is 1.83. The van der Waals surface area contributed by atoms with E-state index in [2.05, 4.69) is 34.1 Å². The van der Waals surface area contributed by atoms with Crippen molar-refractivity contribution in [3.63, 3.8) is 0 Å². The Hall–Kier alpha value is -1.79. The normalized spacial score (nSPS) is 17.5. The van der Waals surface area contributed by atoms with Crippen molar-refractivity contribution in [2.75, 3.05) is 45.3 Å². The van der Waals surface area contributed by atoms with Crippen LogP contribution in [0.2, 0.25) is 5.02 Å². The van der Waals surface area contributed by atoms with E-state index in [-0.39, 0.29) is 12.7 Å². The summed E-state index contributed by atoms with van der Waals surface area (Å²) in [5.41, 5.74) is 2.40. The Morgan fingerprint density at radius 1 is 1.14 bits per heavy atom. The van der Waals surface area contributed by atoms with Crippen molar-refractivity contribution in [1.29, 1.82) is 0 Å². The van der Waals surface area contributed by atoms with E-state index < -0.39 is 6.10 Å². The molecular formula is C23H31ClN2O3. The maximum atomic E-state index is 10.6. The van der Waals surface area contributed by atoms with Gasteiger partial charge in [0.1, 0.15) is 18.5 Å². The van der Waals surface area contributed by atoms with Gasteiger partial charge in [-0.15, -0.1) is 0 Å². The van der Waals surface area contributed by atoms with Gasteiger partial charge >= 0.3 is 0 Å². The molecule has 0 aromatic heterocycles. The Morgan fingerprint density at radius 3 is 2.48 bits per heavy atom. The van der Waals surface area contributed by atoms with Crippen molar-refractivity contribution in [1.82, 2.24) is 4.90 Å². The van der Waals surface area contributed by atoms with Crippen LogP contribution in [0.5, 0.6) is 5.75 Å². The van der Waals surface area contributed by atoms with Crippen LogP contribution >= 0.6 is 11.6 Å². The predicted molar refractivity (Wildman–Crippen MR) is 118 cm³/mol. The number of aliphatic hydroxyl groups excluding tert-OH is 1. The number of rotatable bonds is 10. The van der Waals surface area contributed by atoms with Crippen molar-refractivity contribution in [3.8, 4) is 5.75 Å². The highest BCUT2D eigenvalue weighted by Gasteiger charge is 2.21. The molecule has 2 unspecified atom stereocenters. The number of hydrogen-bond acceptors (Lipinski definition) is 5. The minimum Gasteiger partial charge on any atom is -0.491 e. The molecule has 6 heteroatoms. The van der Waals surface area contributed by atoms with Gasteiger partial charge in [-0.3, -0.25) is 4.90 Å². The molecule has 2 atom stereocenters. The maximum Gasteiger partial charge on any atom is 0.119 e. The van der Waals surface area contributed by atoms with Crippen LogP contribution in [0, 0.1) is 0 Å². The number of ether oxygens (including phenoxy) is 2. The molecule has 1 aliphatic heterocycles. The second-order valence-corrected chi connectivity index (χ2v) is 8.25. The number of anilines is 1. The average Bonchev–Trinajstić information content (AvgIpc) is 3.21. The first-order valence-corrected chi connectivity index (χ1v) is 10.5. The Balaban J connectivity index is 1.57. The van der Waals surface area contributed by atoms with Gasteiger partial charge < -0.3 is 19.5 Å². The van der Waals surface area contributed by atoms with Gasteiger partial charge in [0.2, 0.25) is 0 Å². The minimum absolute atomic E-state index is 0.237. The lowest BCUT2D eigenvalue weighted by molar-refractivity contribution is 0.0313. The quantitative estimate of drug-likeness (QED) is 0.635. The molecule has 0 saturated carbocycles. The Morgan fingerprint density at radius 2 is 1.86 bits per heavy atom. The van der Waals surface area contributed by atoms with E-state index in [0.29, 0.717) is 17.3 Å². The molecule has 29 heavy (non-hydrogen) atoms. The van der Waals surface area contributed by atoms with Crippen molar-refractivity contribution >= 4 is 17.3 Å².